The zero-order chi connectivity index (χ0) is 15.5. The molecular weight excluding hydrogens is 272 g/mol. The minimum Gasteiger partial charge on any atom is -0.494 e. The number of carbonyl (C=O) groups excluding carboxylic acids is 2. The average molecular weight is 294 g/mol. The predicted molar refractivity (Wildman–Crippen MR) is 78.9 cm³/mol. The number of hydrogen-bond donors (Lipinski definition) is 2. The van der Waals surface area contributed by atoms with E-state index in [1.165, 1.54) is 0 Å². The van der Waals surface area contributed by atoms with Crippen LogP contribution >= 0.6 is 0 Å². The average Bonchev–Trinajstić information content (AvgIpc) is 2.51. The summed E-state index contributed by atoms with van der Waals surface area (Å²) in [6.07, 6.45) is 2.07. The van der Waals surface area contributed by atoms with Gasteiger partial charge in [0, 0.05) is 5.56 Å². The molecule has 0 saturated heterocycles. The van der Waals surface area contributed by atoms with E-state index in [9.17, 15) is 9.59 Å². The topological polar surface area (TPSA) is 76.7 Å². The molecule has 0 aliphatic heterocycles. The standard InChI is InChI=1S/C15H22N2O4/c1-3-5-10-20-13-8-6-12(7-9-13)15(19)16-11-14(18)17-21-4-2/h6-9H,3-5,10-11H2,1-2H3,(H,16,19)(H,17,18). The van der Waals surface area contributed by atoms with Crippen LogP contribution in [0.1, 0.15) is 37.0 Å². The highest BCUT2D eigenvalue weighted by molar-refractivity contribution is 5.96. The lowest BCUT2D eigenvalue weighted by molar-refractivity contribution is -0.132. The zero-order valence-electron chi connectivity index (χ0n) is 12.5. The van der Waals surface area contributed by atoms with Crippen LogP contribution in [0.3, 0.4) is 0 Å². The fourth-order valence-corrected chi connectivity index (χ4v) is 1.49. The van der Waals surface area contributed by atoms with Gasteiger partial charge in [0.25, 0.3) is 11.8 Å². The molecule has 116 valence electrons. The van der Waals surface area contributed by atoms with Crippen molar-refractivity contribution in [2.24, 2.45) is 0 Å². The van der Waals surface area contributed by atoms with Crippen molar-refractivity contribution in [1.29, 1.82) is 0 Å². The number of hydrogen-bond acceptors (Lipinski definition) is 4. The summed E-state index contributed by atoms with van der Waals surface area (Å²) in [5.74, 6) is 0.0144. The minimum atomic E-state index is -0.398. The van der Waals surface area contributed by atoms with Crippen molar-refractivity contribution in [1.82, 2.24) is 10.8 Å². The molecule has 0 aliphatic carbocycles. The highest BCUT2D eigenvalue weighted by Crippen LogP contribution is 2.12. The maximum atomic E-state index is 11.8. The van der Waals surface area contributed by atoms with Crippen LogP contribution in [0.5, 0.6) is 5.75 Å². The second-order valence-electron chi connectivity index (χ2n) is 4.37. The molecule has 0 radical (unpaired) electrons. The van der Waals surface area contributed by atoms with Gasteiger partial charge in [-0.2, -0.15) is 0 Å². The lowest BCUT2D eigenvalue weighted by Gasteiger charge is -2.08. The quantitative estimate of drug-likeness (QED) is 0.536. The molecule has 0 unspecified atom stereocenters. The van der Waals surface area contributed by atoms with Crippen molar-refractivity contribution in [3.63, 3.8) is 0 Å². The number of ether oxygens (including phenoxy) is 1. The van der Waals surface area contributed by atoms with Crippen LogP contribution in [0.15, 0.2) is 24.3 Å². The van der Waals surface area contributed by atoms with E-state index in [1.807, 2.05) is 0 Å². The Labute approximate surface area is 124 Å². The lowest BCUT2D eigenvalue weighted by atomic mass is 10.2. The van der Waals surface area contributed by atoms with Crippen molar-refractivity contribution in [3.05, 3.63) is 29.8 Å². The van der Waals surface area contributed by atoms with Crippen LogP contribution in [0.25, 0.3) is 0 Å². The van der Waals surface area contributed by atoms with Crippen molar-refractivity contribution in [3.8, 4) is 5.75 Å². The van der Waals surface area contributed by atoms with Gasteiger partial charge in [-0.25, -0.2) is 5.48 Å². The first kappa shape index (κ1) is 17.0. The van der Waals surface area contributed by atoms with Crippen molar-refractivity contribution >= 4 is 11.8 Å². The number of nitrogens with one attached hydrogen (secondary N) is 2. The molecule has 2 N–H and O–H groups in total. The SMILES string of the molecule is CCCCOc1ccc(C(=O)NCC(=O)NOCC)cc1. The summed E-state index contributed by atoms with van der Waals surface area (Å²) >= 11 is 0. The minimum absolute atomic E-state index is 0.131. The van der Waals surface area contributed by atoms with E-state index in [4.69, 9.17) is 9.57 Å². The molecule has 1 aromatic rings. The Balaban J connectivity index is 2.38. The van der Waals surface area contributed by atoms with Crippen LogP contribution in [0.4, 0.5) is 0 Å². The van der Waals surface area contributed by atoms with E-state index in [2.05, 4.69) is 17.7 Å². The summed E-state index contributed by atoms with van der Waals surface area (Å²) in [5.41, 5.74) is 2.68. The Morgan fingerprint density at radius 3 is 2.48 bits per heavy atom. The first-order valence-electron chi connectivity index (χ1n) is 7.09. The van der Waals surface area contributed by atoms with E-state index in [-0.39, 0.29) is 12.5 Å². The van der Waals surface area contributed by atoms with Gasteiger partial charge in [-0.05, 0) is 37.6 Å². The number of amides is 2. The molecule has 0 aromatic heterocycles. The first-order valence-corrected chi connectivity index (χ1v) is 7.09. The molecule has 0 atom stereocenters. The van der Waals surface area contributed by atoms with Gasteiger partial charge in [-0.3, -0.25) is 14.4 Å². The fourth-order valence-electron chi connectivity index (χ4n) is 1.49. The number of unbranched alkanes of at least 4 members (excludes halogenated alkanes) is 1. The highest BCUT2D eigenvalue weighted by Gasteiger charge is 2.08. The number of carbonyl (C=O) groups is 2. The Hall–Kier alpha value is -2.08. The third-order valence-electron chi connectivity index (χ3n) is 2.62. The lowest BCUT2D eigenvalue weighted by Crippen LogP contribution is -2.36. The van der Waals surface area contributed by atoms with Gasteiger partial charge in [0.15, 0.2) is 0 Å². The molecule has 1 aromatic carbocycles. The van der Waals surface area contributed by atoms with Crippen LogP contribution in [-0.4, -0.2) is 31.6 Å². The van der Waals surface area contributed by atoms with E-state index in [0.29, 0.717) is 18.8 Å². The molecule has 0 saturated carbocycles. The number of rotatable bonds is 9. The van der Waals surface area contributed by atoms with Crippen molar-refractivity contribution in [2.45, 2.75) is 26.7 Å². The second-order valence-corrected chi connectivity index (χ2v) is 4.37. The Morgan fingerprint density at radius 2 is 1.86 bits per heavy atom. The second kappa shape index (κ2) is 9.77. The Bertz CT molecular complexity index is 445. The van der Waals surface area contributed by atoms with Gasteiger partial charge in [0.2, 0.25) is 0 Å². The van der Waals surface area contributed by atoms with Gasteiger partial charge in [0.05, 0.1) is 19.8 Å². The molecule has 1 rings (SSSR count). The molecule has 0 heterocycles. The smallest absolute Gasteiger partial charge is 0.262 e. The summed E-state index contributed by atoms with van der Waals surface area (Å²) in [6, 6.07) is 6.81. The molecule has 0 spiro atoms. The third kappa shape index (κ3) is 6.76. The monoisotopic (exact) mass is 294 g/mol. The maximum Gasteiger partial charge on any atom is 0.262 e. The summed E-state index contributed by atoms with van der Waals surface area (Å²) in [7, 11) is 0. The highest BCUT2D eigenvalue weighted by atomic mass is 16.6. The van der Waals surface area contributed by atoms with Crippen LogP contribution in [0, 0.1) is 0 Å². The van der Waals surface area contributed by atoms with Gasteiger partial charge >= 0.3 is 0 Å². The molecule has 0 bridgehead atoms. The van der Waals surface area contributed by atoms with Crippen LogP contribution < -0.4 is 15.5 Å². The van der Waals surface area contributed by atoms with Gasteiger partial charge < -0.3 is 10.1 Å². The molecule has 0 fully saturated rings. The number of hydroxylamine groups is 1. The van der Waals surface area contributed by atoms with Crippen molar-refractivity contribution in [2.75, 3.05) is 19.8 Å². The van der Waals surface area contributed by atoms with E-state index < -0.39 is 5.91 Å². The zero-order valence-corrected chi connectivity index (χ0v) is 12.5. The third-order valence-corrected chi connectivity index (χ3v) is 2.62. The van der Waals surface area contributed by atoms with Gasteiger partial charge in [-0.15, -0.1) is 0 Å². The van der Waals surface area contributed by atoms with Crippen molar-refractivity contribution < 1.29 is 19.2 Å². The normalized spacial score (nSPS) is 10.0. The summed E-state index contributed by atoms with van der Waals surface area (Å²) in [5, 5.41) is 2.51. The molecule has 2 amide bonds. The van der Waals surface area contributed by atoms with E-state index in [0.717, 1.165) is 18.6 Å². The summed E-state index contributed by atoms with van der Waals surface area (Å²) in [6.45, 7) is 4.76. The molecule has 0 aliphatic rings. The van der Waals surface area contributed by atoms with E-state index in [1.54, 1.807) is 31.2 Å². The summed E-state index contributed by atoms with van der Waals surface area (Å²) in [4.78, 5) is 27.8. The van der Waals surface area contributed by atoms with Crippen LogP contribution in [0.2, 0.25) is 0 Å². The Morgan fingerprint density at radius 1 is 1.14 bits per heavy atom. The Kier molecular flexibility index (Phi) is 7.89. The molecular formula is C15H22N2O4. The number of benzene rings is 1. The van der Waals surface area contributed by atoms with Gasteiger partial charge in [-0.1, -0.05) is 13.3 Å². The molecule has 21 heavy (non-hydrogen) atoms. The van der Waals surface area contributed by atoms with Crippen LogP contribution in [-0.2, 0) is 9.63 Å². The molecule has 6 heteroatoms. The largest absolute Gasteiger partial charge is 0.494 e. The fraction of sp³-hybridized carbons (Fsp3) is 0.467. The molecule has 6 nitrogen and oxygen atoms in total. The first-order chi connectivity index (χ1) is 10.2. The van der Waals surface area contributed by atoms with E-state index >= 15 is 0 Å². The predicted octanol–water partition coefficient (Wildman–Crippen LogP) is 1.66. The maximum absolute atomic E-state index is 11.8. The summed E-state index contributed by atoms with van der Waals surface area (Å²) < 4.78 is 5.51. The van der Waals surface area contributed by atoms with Gasteiger partial charge in [0.1, 0.15) is 5.75 Å².